The van der Waals surface area contributed by atoms with Gasteiger partial charge in [0.2, 0.25) is 0 Å². The molecule has 0 bridgehead atoms. The van der Waals surface area contributed by atoms with E-state index in [1.807, 2.05) is 30.3 Å². The quantitative estimate of drug-likeness (QED) is 0.644. The van der Waals surface area contributed by atoms with Gasteiger partial charge >= 0.3 is 0 Å². The van der Waals surface area contributed by atoms with E-state index in [9.17, 15) is 4.79 Å². The summed E-state index contributed by atoms with van der Waals surface area (Å²) in [4.78, 5) is 24.8. The standard InChI is InChI=1S/C18H19N5O2/c1-25-10-4-9-20-18(24)15-11-16(22-12-21-15)23-14-7-2-5-13-6-3-8-19-17(13)14/h2-3,5-8,11-12H,4,9-10H2,1H3,(H,20,24)(H,21,22,23). The van der Waals surface area contributed by atoms with Crippen LogP contribution in [0.5, 0.6) is 0 Å². The van der Waals surface area contributed by atoms with E-state index < -0.39 is 0 Å². The van der Waals surface area contributed by atoms with E-state index in [-0.39, 0.29) is 5.91 Å². The summed E-state index contributed by atoms with van der Waals surface area (Å²) in [5.74, 6) is 0.299. The average Bonchev–Trinajstić information content (AvgIpc) is 2.66. The lowest BCUT2D eigenvalue weighted by Crippen LogP contribution is -2.26. The molecule has 0 radical (unpaired) electrons. The molecule has 7 nitrogen and oxygen atoms in total. The maximum absolute atomic E-state index is 12.1. The van der Waals surface area contributed by atoms with E-state index in [1.54, 1.807) is 19.4 Å². The Kier molecular flexibility index (Phi) is 5.48. The van der Waals surface area contributed by atoms with Gasteiger partial charge in [-0.3, -0.25) is 9.78 Å². The van der Waals surface area contributed by atoms with Crippen molar-refractivity contribution in [1.82, 2.24) is 20.3 Å². The van der Waals surface area contributed by atoms with Crippen molar-refractivity contribution in [2.75, 3.05) is 25.6 Å². The second kappa shape index (κ2) is 8.16. The molecule has 0 aliphatic heterocycles. The molecule has 0 aliphatic carbocycles. The number of aromatic nitrogens is 3. The number of rotatable bonds is 7. The number of carbonyl (C=O) groups is 1. The van der Waals surface area contributed by atoms with Crippen molar-refractivity contribution in [3.63, 3.8) is 0 Å². The van der Waals surface area contributed by atoms with Crippen LogP contribution < -0.4 is 10.6 Å². The molecule has 1 amide bonds. The van der Waals surface area contributed by atoms with Gasteiger partial charge in [-0.25, -0.2) is 9.97 Å². The van der Waals surface area contributed by atoms with Crippen LogP contribution in [0.4, 0.5) is 11.5 Å². The molecule has 1 aromatic carbocycles. The van der Waals surface area contributed by atoms with Gasteiger partial charge in [0.25, 0.3) is 5.91 Å². The molecule has 0 aliphatic rings. The molecule has 25 heavy (non-hydrogen) atoms. The zero-order valence-corrected chi connectivity index (χ0v) is 13.9. The number of benzene rings is 1. The Hall–Kier alpha value is -3.06. The van der Waals surface area contributed by atoms with Gasteiger partial charge < -0.3 is 15.4 Å². The smallest absolute Gasteiger partial charge is 0.270 e. The van der Waals surface area contributed by atoms with Gasteiger partial charge in [-0.15, -0.1) is 0 Å². The van der Waals surface area contributed by atoms with Crippen LogP contribution in [0.3, 0.4) is 0 Å². The Morgan fingerprint density at radius 3 is 2.92 bits per heavy atom. The number of hydrogen-bond acceptors (Lipinski definition) is 6. The highest BCUT2D eigenvalue weighted by Gasteiger charge is 2.09. The molecule has 7 heteroatoms. The van der Waals surface area contributed by atoms with Crippen LogP contribution in [0.1, 0.15) is 16.9 Å². The van der Waals surface area contributed by atoms with Gasteiger partial charge in [0.15, 0.2) is 0 Å². The summed E-state index contributed by atoms with van der Waals surface area (Å²) in [6.45, 7) is 1.14. The number of amides is 1. The molecule has 0 unspecified atom stereocenters. The molecular weight excluding hydrogens is 318 g/mol. The second-order valence-electron chi connectivity index (χ2n) is 5.40. The van der Waals surface area contributed by atoms with Gasteiger partial charge in [-0.2, -0.15) is 0 Å². The summed E-state index contributed by atoms with van der Waals surface area (Å²) in [6.07, 6.45) is 3.86. The molecule has 2 aromatic heterocycles. The predicted molar refractivity (Wildman–Crippen MR) is 95.9 cm³/mol. The highest BCUT2D eigenvalue weighted by Crippen LogP contribution is 2.23. The molecule has 0 atom stereocenters. The normalized spacial score (nSPS) is 10.6. The molecule has 0 spiro atoms. The minimum absolute atomic E-state index is 0.238. The summed E-state index contributed by atoms with van der Waals surface area (Å²) in [6, 6.07) is 11.4. The molecule has 3 aromatic rings. The largest absolute Gasteiger partial charge is 0.385 e. The van der Waals surface area contributed by atoms with Crippen molar-refractivity contribution in [3.8, 4) is 0 Å². The predicted octanol–water partition coefficient (Wildman–Crippen LogP) is 2.53. The van der Waals surface area contributed by atoms with E-state index in [1.165, 1.54) is 6.33 Å². The van der Waals surface area contributed by atoms with Crippen molar-refractivity contribution < 1.29 is 9.53 Å². The Morgan fingerprint density at radius 2 is 2.04 bits per heavy atom. The van der Waals surface area contributed by atoms with Crippen LogP contribution >= 0.6 is 0 Å². The molecule has 2 N–H and O–H groups in total. The van der Waals surface area contributed by atoms with E-state index in [0.29, 0.717) is 24.7 Å². The fourth-order valence-corrected chi connectivity index (χ4v) is 2.40. The molecule has 2 heterocycles. The molecule has 0 saturated heterocycles. The SMILES string of the molecule is COCCCNC(=O)c1cc(Nc2cccc3cccnc23)ncn1. The third-order valence-corrected chi connectivity index (χ3v) is 3.61. The Balaban J connectivity index is 1.74. The second-order valence-corrected chi connectivity index (χ2v) is 5.40. The number of nitrogens with one attached hydrogen (secondary N) is 2. The number of para-hydroxylation sites is 1. The van der Waals surface area contributed by atoms with Crippen LogP contribution in [0.15, 0.2) is 48.9 Å². The highest BCUT2D eigenvalue weighted by atomic mass is 16.5. The number of nitrogens with zero attached hydrogens (tertiary/aromatic N) is 3. The number of ether oxygens (including phenoxy) is 1. The van der Waals surface area contributed by atoms with Crippen LogP contribution in [-0.2, 0) is 4.74 Å². The number of anilines is 2. The number of pyridine rings is 1. The van der Waals surface area contributed by atoms with Crippen molar-refractivity contribution in [1.29, 1.82) is 0 Å². The third kappa shape index (κ3) is 4.27. The van der Waals surface area contributed by atoms with Crippen molar-refractivity contribution in [3.05, 3.63) is 54.6 Å². The third-order valence-electron chi connectivity index (χ3n) is 3.61. The maximum Gasteiger partial charge on any atom is 0.270 e. The van der Waals surface area contributed by atoms with Crippen molar-refractivity contribution in [2.45, 2.75) is 6.42 Å². The van der Waals surface area contributed by atoms with Crippen molar-refractivity contribution >= 4 is 28.3 Å². The molecular formula is C18H19N5O2. The molecule has 128 valence electrons. The Morgan fingerprint density at radius 1 is 1.16 bits per heavy atom. The number of methoxy groups -OCH3 is 1. The van der Waals surface area contributed by atoms with Gasteiger partial charge in [-0.05, 0) is 18.6 Å². The van der Waals surface area contributed by atoms with E-state index in [0.717, 1.165) is 23.0 Å². The zero-order chi connectivity index (χ0) is 17.5. The van der Waals surface area contributed by atoms with Crippen LogP contribution in [0, 0.1) is 0 Å². The summed E-state index contributed by atoms with van der Waals surface area (Å²) >= 11 is 0. The molecule has 0 fully saturated rings. The van der Waals surface area contributed by atoms with Gasteiger partial charge in [0.1, 0.15) is 17.8 Å². The maximum atomic E-state index is 12.1. The lowest BCUT2D eigenvalue weighted by atomic mass is 10.2. The van der Waals surface area contributed by atoms with E-state index in [4.69, 9.17) is 4.74 Å². The monoisotopic (exact) mass is 337 g/mol. The first-order chi connectivity index (χ1) is 12.3. The topological polar surface area (TPSA) is 89.0 Å². The Bertz CT molecular complexity index is 863. The lowest BCUT2D eigenvalue weighted by molar-refractivity contribution is 0.0943. The first-order valence-corrected chi connectivity index (χ1v) is 7.98. The van der Waals surface area contributed by atoms with Crippen LogP contribution in [0.25, 0.3) is 10.9 Å². The minimum Gasteiger partial charge on any atom is -0.385 e. The highest BCUT2D eigenvalue weighted by molar-refractivity contribution is 5.94. The summed E-state index contributed by atoms with van der Waals surface area (Å²) < 4.78 is 4.96. The lowest BCUT2D eigenvalue weighted by Gasteiger charge is -2.09. The van der Waals surface area contributed by atoms with Crippen molar-refractivity contribution in [2.24, 2.45) is 0 Å². The van der Waals surface area contributed by atoms with Crippen LogP contribution in [-0.4, -0.2) is 41.1 Å². The molecule has 3 rings (SSSR count). The summed E-state index contributed by atoms with van der Waals surface area (Å²) in [5.41, 5.74) is 1.97. The summed E-state index contributed by atoms with van der Waals surface area (Å²) in [5, 5.41) is 7.04. The first kappa shape index (κ1) is 16.8. The number of hydrogen-bond donors (Lipinski definition) is 2. The van der Waals surface area contributed by atoms with Gasteiger partial charge in [0, 0.05) is 37.9 Å². The number of carbonyl (C=O) groups excluding carboxylic acids is 1. The number of fused-ring (bicyclic) bond motifs is 1. The minimum atomic E-state index is -0.238. The van der Waals surface area contributed by atoms with Gasteiger partial charge in [-0.1, -0.05) is 18.2 Å². The first-order valence-electron chi connectivity index (χ1n) is 7.98. The Labute approximate surface area is 145 Å². The van der Waals surface area contributed by atoms with Gasteiger partial charge in [0.05, 0.1) is 11.2 Å². The fraction of sp³-hybridized carbons (Fsp3) is 0.222. The van der Waals surface area contributed by atoms with E-state index >= 15 is 0 Å². The fourth-order valence-electron chi connectivity index (χ4n) is 2.40. The zero-order valence-electron chi connectivity index (χ0n) is 13.9. The van der Waals surface area contributed by atoms with E-state index in [2.05, 4.69) is 25.6 Å². The average molecular weight is 337 g/mol. The summed E-state index contributed by atoms with van der Waals surface area (Å²) in [7, 11) is 1.63. The molecule has 0 saturated carbocycles. The van der Waals surface area contributed by atoms with Crippen LogP contribution in [0.2, 0.25) is 0 Å².